The maximum Gasteiger partial charge on any atom is 0.306 e. The summed E-state index contributed by atoms with van der Waals surface area (Å²) in [6.07, 6.45) is 4.50. The van der Waals surface area contributed by atoms with E-state index in [-0.39, 0.29) is 11.8 Å². The van der Waals surface area contributed by atoms with Crippen LogP contribution in [0.2, 0.25) is 0 Å². The number of amides is 1. The van der Waals surface area contributed by atoms with E-state index in [1.165, 1.54) is 24.1 Å². The van der Waals surface area contributed by atoms with Gasteiger partial charge < -0.3 is 20.1 Å². The molecule has 2 aromatic heterocycles. The number of rotatable bonds is 10. The van der Waals surface area contributed by atoms with Crippen molar-refractivity contribution >= 4 is 34.2 Å². The quantitative estimate of drug-likeness (QED) is 0.337. The van der Waals surface area contributed by atoms with Crippen molar-refractivity contribution in [1.29, 1.82) is 0 Å². The first-order chi connectivity index (χ1) is 17.2. The summed E-state index contributed by atoms with van der Waals surface area (Å²) >= 11 is 1.73. The van der Waals surface area contributed by atoms with Crippen LogP contribution < -0.4 is 5.32 Å². The molecular formula is C28H37N3O4S. The van der Waals surface area contributed by atoms with Gasteiger partial charge in [-0.3, -0.25) is 9.59 Å². The Kier molecular flexibility index (Phi) is 8.46. The molecule has 2 heterocycles. The first-order valence-electron chi connectivity index (χ1n) is 13.0. The van der Waals surface area contributed by atoms with E-state index in [0.717, 1.165) is 29.7 Å². The van der Waals surface area contributed by atoms with Crippen LogP contribution in [0.3, 0.4) is 0 Å². The SMILES string of the molecule is CC(C)C[C@H](NC(=O)c1ccc2c(c1)nc(Cc1cccs1)n2C1CCCC[C@H]1C)[C@@H](O)CC(=O)O. The van der Waals surface area contributed by atoms with E-state index in [1.54, 1.807) is 11.3 Å². The van der Waals surface area contributed by atoms with E-state index in [2.05, 4.69) is 34.3 Å². The number of aromatic nitrogens is 2. The Morgan fingerprint density at radius 3 is 2.67 bits per heavy atom. The molecule has 4 atom stereocenters. The van der Waals surface area contributed by atoms with Gasteiger partial charge in [-0.25, -0.2) is 4.98 Å². The molecular weight excluding hydrogens is 474 g/mol. The van der Waals surface area contributed by atoms with Crippen LogP contribution in [-0.2, 0) is 11.2 Å². The summed E-state index contributed by atoms with van der Waals surface area (Å²) in [5.41, 5.74) is 2.29. The number of benzene rings is 1. The molecule has 1 amide bonds. The van der Waals surface area contributed by atoms with Crippen LogP contribution in [0, 0.1) is 11.8 Å². The van der Waals surface area contributed by atoms with Gasteiger partial charge in [0.05, 0.1) is 29.6 Å². The number of imidazole rings is 1. The van der Waals surface area contributed by atoms with Crippen molar-refractivity contribution in [3.05, 3.63) is 52.0 Å². The molecule has 8 heteroatoms. The highest BCUT2D eigenvalue weighted by molar-refractivity contribution is 7.09. The van der Waals surface area contributed by atoms with Gasteiger partial charge in [0.1, 0.15) is 5.82 Å². The number of carboxylic acid groups (broad SMARTS) is 1. The van der Waals surface area contributed by atoms with Crippen LogP contribution in [-0.4, -0.2) is 43.8 Å². The minimum atomic E-state index is -1.15. The Balaban J connectivity index is 1.65. The number of aliphatic carboxylic acids is 1. The van der Waals surface area contributed by atoms with E-state index < -0.39 is 24.5 Å². The maximum atomic E-state index is 13.2. The van der Waals surface area contributed by atoms with Crippen molar-refractivity contribution in [1.82, 2.24) is 14.9 Å². The molecule has 1 saturated carbocycles. The Morgan fingerprint density at radius 2 is 2.00 bits per heavy atom. The Labute approximate surface area is 216 Å². The summed E-state index contributed by atoms with van der Waals surface area (Å²) < 4.78 is 2.40. The van der Waals surface area contributed by atoms with Crippen LogP contribution in [0.5, 0.6) is 0 Å². The molecule has 3 N–H and O–H groups in total. The number of aliphatic hydroxyl groups is 1. The zero-order chi connectivity index (χ0) is 25.8. The molecule has 0 spiro atoms. The molecule has 0 aliphatic heterocycles. The molecule has 36 heavy (non-hydrogen) atoms. The third kappa shape index (κ3) is 6.16. The number of thiophene rings is 1. The van der Waals surface area contributed by atoms with Crippen molar-refractivity contribution in [3.8, 4) is 0 Å². The van der Waals surface area contributed by atoms with Gasteiger partial charge in [-0.2, -0.15) is 0 Å². The van der Waals surface area contributed by atoms with Crippen LogP contribution in [0.4, 0.5) is 0 Å². The largest absolute Gasteiger partial charge is 0.481 e. The van der Waals surface area contributed by atoms with Gasteiger partial charge in [0.15, 0.2) is 0 Å². The Morgan fingerprint density at radius 1 is 1.22 bits per heavy atom. The number of hydrogen-bond acceptors (Lipinski definition) is 5. The fraction of sp³-hybridized carbons (Fsp3) is 0.536. The van der Waals surface area contributed by atoms with Gasteiger partial charge in [0.2, 0.25) is 0 Å². The summed E-state index contributed by atoms with van der Waals surface area (Å²) in [7, 11) is 0. The van der Waals surface area contributed by atoms with E-state index in [0.29, 0.717) is 23.9 Å². The zero-order valence-electron chi connectivity index (χ0n) is 21.3. The van der Waals surface area contributed by atoms with Crippen LogP contribution in [0.25, 0.3) is 11.0 Å². The highest BCUT2D eigenvalue weighted by atomic mass is 32.1. The standard InChI is InChI=1S/C28H37N3O4S/c1-17(2)13-22(25(32)16-27(33)34)30-28(35)19-10-11-24-21(14-19)29-26(15-20-8-6-12-36-20)31(24)23-9-5-4-7-18(23)3/h6,8,10-12,14,17-18,22-23,25,32H,4-5,7,9,13,15-16H2,1-3H3,(H,30,35)(H,33,34)/t18-,22+,23?,25+/m1/s1. The minimum absolute atomic E-state index is 0.189. The fourth-order valence-corrected chi connectivity index (χ4v) is 6.13. The molecule has 1 aromatic carbocycles. The third-order valence-electron chi connectivity index (χ3n) is 7.23. The Bertz CT molecular complexity index is 1190. The Hall–Kier alpha value is -2.71. The molecule has 1 aliphatic rings. The van der Waals surface area contributed by atoms with E-state index in [4.69, 9.17) is 10.1 Å². The van der Waals surface area contributed by atoms with Gasteiger partial charge in [-0.15, -0.1) is 11.3 Å². The summed E-state index contributed by atoms with van der Waals surface area (Å²) in [6, 6.07) is 9.57. The number of carbonyl (C=O) groups excluding carboxylic acids is 1. The topological polar surface area (TPSA) is 104 Å². The smallest absolute Gasteiger partial charge is 0.306 e. The first kappa shape index (κ1) is 26.4. The number of fused-ring (bicyclic) bond motifs is 1. The maximum absolute atomic E-state index is 13.2. The van der Waals surface area contributed by atoms with E-state index in [9.17, 15) is 14.7 Å². The fourth-order valence-electron chi connectivity index (χ4n) is 5.43. The summed E-state index contributed by atoms with van der Waals surface area (Å²) in [6.45, 7) is 6.28. The highest BCUT2D eigenvalue weighted by Crippen LogP contribution is 2.37. The lowest BCUT2D eigenvalue weighted by Gasteiger charge is -2.31. The number of carboxylic acids is 1. The van der Waals surface area contributed by atoms with Crippen LogP contribution in [0.15, 0.2) is 35.7 Å². The van der Waals surface area contributed by atoms with Gasteiger partial charge in [-0.1, -0.05) is 39.7 Å². The molecule has 4 rings (SSSR count). The second kappa shape index (κ2) is 11.6. The molecule has 1 fully saturated rings. The monoisotopic (exact) mass is 511 g/mol. The van der Waals surface area contributed by atoms with Gasteiger partial charge in [0.25, 0.3) is 5.91 Å². The average Bonchev–Trinajstić information content (AvgIpc) is 3.45. The summed E-state index contributed by atoms with van der Waals surface area (Å²) in [5, 5.41) is 24.5. The van der Waals surface area contributed by atoms with Gasteiger partial charge >= 0.3 is 5.97 Å². The number of nitrogens with one attached hydrogen (secondary N) is 1. The second-order valence-corrected chi connectivity index (χ2v) is 11.6. The molecule has 3 aromatic rings. The molecule has 7 nitrogen and oxygen atoms in total. The predicted octanol–water partition coefficient (Wildman–Crippen LogP) is 5.42. The highest BCUT2D eigenvalue weighted by Gasteiger charge is 2.28. The van der Waals surface area contributed by atoms with Crippen molar-refractivity contribution in [2.24, 2.45) is 11.8 Å². The van der Waals surface area contributed by atoms with E-state index >= 15 is 0 Å². The zero-order valence-corrected chi connectivity index (χ0v) is 22.1. The molecule has 1 unspecified atom stereocenters. The number of aliphatic hydroxyl groups excluding tert-OH is 1. The molecule has 0 radical (unpaired) electrons. The third-order valence-corrected chi connectivity index (χ3v) is 8.10. The number of hydrogen-bond donors (Lipinski definition) is 3. The van der Waals surface area contributed by atoms with E-state index in [1.807, 2.05) is 32.0 Å². The van der Waals surface area contributed by atoms with Gasteiger partial charge in [-0.05, 0) is 60.7 Å². The lowest BCUT2D eigenvalue weighted by Crippen LogP contribution is -2.45. The molecule has 0 bridgehead atoms. The van der Waals surface area contributed by atoms with Crippen LogP contribution >= 0.6 is 11.3 Å². The predicted molar refractivity (Wildman–Crippen MR) is 142 cm³/mol. The summed E-state index contributed by atoms with van der Waals surface area (Å²) in [5.74, 6) is 0.362. The number of nitrogens with zero attached hydrogens (tertiary/aromatic N) is 2. The lowest BCUT2D eigenvalue weighted by molar-refractivity contribution is -0.139. The average molecular weight is 512 g/mol. The van der Waals surface area contributed by atoms with Gasteiger partial charge in [0, 0.05) is 22.9 Å². The van der Waals surface area contributed by atoms with Crippen molar-refractivity contribution in [2.45, 2.75) is 83.9 Å². The molecule has 194 valence electrons. The number of carbonyl (C=O) groups is 2. The minimum Gasteiger partial charge on any atom is -0.481 e. The first-order valence-corrected chi connectivity index (χ1v) is 13.8. The van der Waals surface area contributed by atoms with Crippen LogP contribution in [0.1, 0.15) is 86.4 Å². The normalized spacial score (nSPS) is 19.9. The van der Waals surface area contributed by atoms with Crippen molar-refractivity contribution < 1.29 is 19.8 Å². The summed E-state index contributed by atoms with van der Waals surface area (Å²) in [4.78, 5) is 30.6. The second-order valence-electron chi connectivity index (χ2n) is 10.6. The molecule has 0 saturated heterocycles. The molecule has 1 aliphatic carbocycles. The lowest BCUT2D eigenvalue weighted by atomic mass is 9.85. The van der Waals surface area contributed by atoms with Crippen molar-refractivity contribution in [2.75, 3.05) is 0 Å². The van der Waals surface area contributed by atoms with Crippen molar-refractivity contribution in [3.63, 3.8) is 0 Å².